The summed E-state index contributed by atoms with van der Waals surface area (Å²) in [6, 6.07) is 3.66. The molecule has 0 aromatic heterocycles. The minimum Gasteiger partial charge on any atom is -0.478 e. The van der Waals surface area contributed by atoms with E-state index in [9.17, 15) is 13.2 Å². The van der Waals surface area contributed by atoms with Crippen molar-refractivity contribution in [3.8, 4) is 0 Å². The Kier molecular flexibility index (Phi) is 4.16. The summed E-state index contributed by atoms with van der Waals surface area (Å²) in [5.41, 5.74) is -0.102. The molecule has 1 aromatic carbocycles. The number of aromatic carboxylic acids is 1. The first-order chi connectivity index (χ1) is 7.74. The lowest BCUT2D eigenvalue weighted by Gasteiger charge is -2.08. The zero-order valence-corrected chi connectivity index (χ0v) is 11.0. The molecule has 0 saturated heterocycles. The van der Waals surface area contributed by atoms with E-state index >= 15 is 0 Å². The van der Waals surface area contributed by atoms with Crippen molar-refractivity contribution >= 4 is 27.4 Å². The molecule has 0 saturated carbocycles. The van der Waals surface area contributed by atoms with Crippen molar-refractivity contribution in [2.75, 3.05) is 5.75 Å². The molecule has 6 heteroatoms. The molecule has 1 aromatic rings. The van der Waals surface area contributed by atoms with E-state index in [1.807, 2.05) is 0 Å². The summed E-state index contributed by atoms with van der Waals surface area (Å²) in [6.07, 6.45) is 0. The van der Waals surface area contributed by atoms with Crippen LogP contribution in [0.3, 0.4) is 0 Å². The van der Waals surface area contributed by atoms with Gasteiger partial charge < -0.3 is 5.11 Å². The SMILES string of the molecule is CC(C)CS(=O)(=O)c1ccc(C(=O)O)c(Cl)c1. The molecule has 1 N–H and O–H groups in total. The number of carboxylic acid groups (broad SMARTS) is 1. The van der Waals surface area contributed by atoms with Gasteiger partial charge in [0.15, 0.2) is 9.84 Å². The van der Waals surface area contributed by atoms with Gasteiger partial charge in [-0.25, -0.2) is 13.2 Å². The van der Waals surface area contributed by atoms with Gasteiger partial charge >= 0.3 is 5.97 Å². The van der Waals surface area contributed by atoms with Gasteiger partial charge in [-0.3, -0.25) is 0 Å². The first kappa shape index (κ1) is 14.0. The van der Waals surface area contributed by atoms with Gasteiger partial charge in [-0.05, 0) is 24.1 Å². The number of carboxylic acids is 1. The lowest BCUT2D eigenvalue weighted by atomic mass is 10.2. The van der Waals surface area contributed by atoms with Crippen molar-refractivity contribution in [1.82, 2.24) is 0 Å². The number of hydrogen-bond donors (Lipinski definition) is 1. The largest absolute Gasteiger partial charge is 0.478 e. The van der Waals surface area contributed by atoms with Crippen LogP contribution in [0, 0.1) is 5.92 Å². The quantitative estimate of drug-likeness (QED) is 0.917. The van der Waals surface area contributed by atoms with Crippen molar-refractivity contribution in [2.45, 2.75) is 18.7 Å². The van der Waals surface area contributed by atoms with Gasteiger partial charge in [0.25, 0.3) is 0 Å². The Balaban J connectivity index is 3.18. The van der Waals surface area contributed by atoms with E-state index in [-0.39, 0.29) is 27.2 Å². The molecule has 1 rings (SSSR count). The normalized spacial score (nSPS) is 11.8. The van der Waals surface area contributed by atoms with Gasteiger partial charge in [-0.15, -0.1) is 0 Å². The van der Waals surface area contributed by atoms with Crippen LogP contribution in [0.4, 0.5) is 0 Å². The molecule has 0 atom stereocenters. The maximum atomic E-state index is 11.9. The molecule has 0 fully saturated rings. The standard InChI is InChI=1S/C11H13ClO4S/c1-7(2)6-17(15,16)8-3-4-9(11(13)14)10(12)5-8/h3-5,7H,6H2,1-2H3,(H,13,14). The van der Waals surface area contributed by atoms with Crippen LogP contribution in [-0.4, -0.2) is 25.2 Å². The zero-order chi connectivity index (χ0) is 13.2. The molecule has 0 aliphatic heterocycles. The van der Waals surface area contributed by atoms with E-state index in [4.69, 9.17) is 16.7 Å². The van der Waals surface area contributed by atoms with Crippen molar-refractivity contribution in [3.63, 3.8) is 0 Å². The highest BCUT2D eigenvalue weighted by molar-refractivity contribution is 7.91. The third-order valence-corrected chi connectivity index (χ3v) is 4.47. The Hall–Kier alpha value is -1.07. The smallest absolute Gasteiger partial charge is 0.337 e. The van der Waals surface area contributed by atoms with Crippen LogP contribution in [-0.2, 0) is 9.84 Å². The van der Waals surface area contributed by atoms with E-state index in [1.54, 1.807) is 13.8 Å². The average Bonchev–Trinajstić information content (AvgIpc) is 2.14. The van der Waals surface area contributed by atoms with Gasteiger partial charge in [0.05, 0.1) is 21.2 Å². The van der Waals surface area contributed by atoms with Gasteiger partial charge in [-0.2, -0.15) is 0 Å². The summed E-state index contributed by atoms with van der Waals surface area (Å²) in [4.78, 5) is 10.8. The third kappa shape index (κ3) is 3.44. The Morgan fingerprint density at radius 1 is 1.41 bits per heavy atom. The molecule has 0 radical (unpaired) electrons. The van der Waals surface area contributed by atoms with Crippen LogP contribution in [0.25, 0.3) is 0 Å². The second-order valence-electron chi connectivity index (χ2n) is 4.12. The van der Waals surface area contributed by atoms with Crippen LogP contribution in [0.2, 0.25) is 5.02 Å². The molecule has 17 heavy (non-hydrogen) atoms. The van der Waals surface area contributed by atoms with Crippen molar-refractivity contribution in [3.05, 3.63) is 28.8 Å². The highest BCUT2D eigenvalue weighted by atomic mass is 35.5. The average molecular weight is 277 g/mol. The molecular weight excluding hydrogens is 264 g/mol. The van der Waals surface area contributed by atoms with Gasteiger partial charge in [0.2, 0.25) is 0 Å². The van der Waals surface area contributed by atoms with E-state index in [1.165, 1.54) is 18.2 Å². The molecule has 0 amide bonds. The van der Waals surface area contributed by atoms with E-state index in [2.05, 4.69) is 0 Å². The second kappa shape index (κ2) is 5.06. The van der Waals surface area contributed by atoms with Crippen LogP contribution >= 0.6 is 11.6 Å². The minimum absolute atomic E-state index is 0.00192. The van der Waals surface area contributed by atoms with E-state index < -0.39 is 15.8 Å². The maximum absolute atomic E-state index is 11.9. The molecule has 0 aliphatic carbocycles. The predicted octanol–water partition coefficient (Wildman–Crippen LogP) is 2.47. The second-order valence-corrected chi connectivity index (χ2v) is 6.56. The molecule has 0 spiro atoms. The summed E-state index contributed by atoms with van der Waals surface area (Å²) in [5.74, 6) is -1.17. The number of halogens is 1. The molecule has 0 aliphatic rings. The first-order valence-corrected chi connectivity index (χ1v) is 7.02. The fourth-order valence-electron chi connectivity index (χ4n) is 1.40. The third-order valence-electron chi connectivity index (χ3n) is 2.08. The van der Waals surface area contributed by atoms with E-state index in [0.29, 0.717) is 0 Å². The number of carbonyl (C=O) groups is 1. The Bertz CT molecular complexity index is 534. The molecule has 0 unspecified atom stereocenters. The van der Waals surface area contributed by atoms with Crippen LogP contribution in [0.1, 0.15) is 24.2 Å². The van der Waals surface area contributed by atoms with Crippen molar-refractivity contribution in [2.24, 2.45) is 5.92 Å². The van der Waals surface area contributed by atoms with Gasteiger partial charge in [0, 0.05) is 0 Å². The van der Waals surface area contributed by atoms with Gasteiger partial charge in [-0.1, -0.05) is 25.4 Å². The van der Waals surface area contributed by atoms with Gasteiger partial charge in [0.1, 0.15) is 0 Å². The minimum atomic E-state index is -3.40. The summed E-state index contributed by atoms with van der Waals surface area (Å²) < 4.78 is 23.7. The fourth-order valence-corrected chi connectivity index (χ4v) is 3.37. The topological polar surface area (TPSA) is 71.4 Å². The summed E-state index contributed by atoms with van der Waals surface area (Å²) in [5, 5.41) is 8.70. The number of sulfone groups is 1. The summed E-state index contributed by atoms with van der Waals surface area (Å²) in [6.45, 7) is 3.59. The molecule has 4 nitrogen and oxygen atoms in total. The zero-order valence-electron chi connectivity index (χ0n) is 9.47. The number of hydrogen-bond acceptors (Lipinski definition) is 3. The number of benzene rings is 1. The van der Waals surface area contributed by atoms with E-state index in [0.717, 1.165) is 0 Å². The van der Waals surface area contributed by atoms with Crippen molar-refractivity contribution < 1.29 is 18.3 Å². The highest BCUT2D eigenvalue weighted by Gasteiger charge is 2.19. The molecule has 0 heterocycles. The summed E-state index contributed by atoms with van der Waals surface area (Å²) >= 11 is 5.72. The predicted molar refractivity (Wildman–Crippen MR) is 65.3 cm³/mol. The maximum Gasteiger partial charge on any atom is 0.337 e. The molecule has 0 bridgehead atoms. The molecular formula is C11H13ClO4S. The molecule has 94 valence electrons. The highest BCUT2D eigenvalue weighted by Crippen LogP contribution is 2.22. The Morgan fingerprint density at radius 2 is 2.00 bits per heavy atom. The Labute approximate surface area is 105 Å². The summed E-state index contributed by atoms with van der Waals surface area (Å²) in [7, 11) is -3.40. The van der Waals surface area contributed by atoms with Crippen LogP contribution < -0.4 is 0 Å². The fraction of sp³-hybridized carbons (Fsp3) is 0.364. The van der Waals surface area contributed by atoms with Crippen LogP contribution in [0.15, 0.2) is 23.1 Å². The van der Waals surface area contributed by atoms with Crippen molar-refractivity contribution in [1.29, 1.82) is 0 Å². The number of rotatable bonds is 4. The first-order valence-electron chi connectivity index (χ1n) is 4.99. The lowest BCUT2D eigenvalue weighted by molar-refractivity contribution is 0.0697. The Morgan fingerprint density at radius 3 is 2.41 bits per heavy atom. The monoisotopic (exact) mass is 276 g/mol. The lowest BCUT2D eigenvalue weighted by Crippen LogP contribution is -2.12. The van der Waals surface area contributed by atoms with Crippen LogP contribution in [0.5, 0.6) is 0 Å².